The molecule has 0 spiro atoms. The molecule has 2 aliphatic carbocycles. The number of ether oxygens (including phenoxy) is 1. The van der Waals surface area contributed by atoms with Crippen molar-refractivity contribution in [1.29, 1.82) is 0 Å². The second-order valence-corrected chi connectivity index (χ2v) is 7.32. The van der Waals surface area contributed by atoms with Crippen molar-refractivity contribution in [3.8, 4) is 0 Å². The van der Waals surface area contributed by atoms with Gasteiger partial charge in [0.15, 0.2) is 0 Å². The van der Waals surface area contributed by atoms with Crippen LogP contribution in [0.15, 0.2) is 30.3 Å². The Bertz CT molecular complexity index is 536. The van der Waals surface area contributed by atoms with Gasteiger partial charge in [-0.2, -0.15) is 0 Å². The van der Waals surface area contributed by atoms with Crippen molar-refractivity contribution in [2.75, 3.05) is 13.2 Å². The van der Waals surface area contributed by atoms with Gasteiger partial charge in [-0.15, -0.1) is 0 Å². The van der Waals surface area contributed by atoms with Crippen LogP contribution in [0.5, 0.6) is 0 Å². The van der Waals surface area contributed by atoms with E-state index in [4.69, 9.17) is 4.74 Å². The quantitative estimate of drug-likeness (QED) is 0.931. The Kier molecular flexibility index (Phi) is 3.69. The summed E-state index contributed by atoms with van der Waals surface area (Å²) in [4.78, 5) is 13.2. The Balaban J connectivity index is 1.56. The highest BCUT2D eigenvalue weighted by Crippen LogP contribution is 2.45. The molecule has 1 heterocycles. The monoisotopic (exact) mass is 299 g/mol. The highest BCUT2D eigenvalue weighted by Gasteiger charge is 2.45. The first-order valence-electron chi connectivity index (χ1n) is 8.72. The standard InChI is InChI=1S/C19H25NO2/c21-18(20-17-13-14-6-7-15(17)12-14)19(8-10-22-11-9-19)16-4-2-1-3-5-16/h1-5,14-15,17H,6-13H2,(H,20,21)/t14-,15-,17+/m0/s1. The van der Waals surface area contributed by atoms with Gasteiger partial charge in [-0.25, -0.2) is 0 Å². The van der Waals surface area contributed by atoms with E-state index in [0.29, 0.717) is 19.3 Å². The molecule has 2 saturated carbocycles. The van der Waals surface area contributed by atoms with Crippen LogP contribution >= 0.6 is 0 Å². The van der Waals surface area contributed by atoms with Gasteiger partial charge >= 0.3 is 0 Å². The minimum atomic E-state index is -0.388. The van der Waals surface area contributed by atoms with Gasteiger partial charge in [0.1, 0.15) is 0 Å². The number of hydrogen-bond donors (Lipinski definition) is 1. The molecule has 1 aliphatic heterocycles. The van der Waals surface area contributed by atoms with Gasteiger partial charge in [-0.05, 0) is 49.5 Å². The van der Waals surface area contributed by atoms with E-state index in [0.717, 1.165) is 30.2 Å². The summed E-state index contributed by atoms with van der Waals surface area (Å²) in [6.45, 7) is 1.36. The molecule has 4 rings (SSSR count). The number of benzene rings is 1. The zero-order chi connectivity index (χ0) is 15.0. The first-order chi connectivity index (χ1) is 10.8. The third-order valence-corrected chi connectivity index (χ3v) is 6.16. The van der Waals surface area contributed by atoms with Crippen molar-refractivity contribution >= 4 is 5.91 Å². The summed E-state index contributed by atoms with van der Waals surface area (Å²) in [5.74, 6) is 1.82. The molecular formula is C19H25NO2. The van der Waals surface area contributed by atoms with E-state index in [1.165, 1.54) is 25.7 Å². The molecule has 1 aromatic carbocycles. The van der Waals surface area contributed by atoms with Gasteiger partial charge < -0.3 is 10.1 Å². The number of rotatable bonds is 3. The van der Waals surface area contributed by atoms with Crippen molar-refractivity contribution in [2.45, 2.75) is 50.0 Å². The van der Waals surface area contributed by atoms with Crippen molar-refractivity contribution in [1.82, 2.24) is 5.32 Å². The Morgan fingerprint density at radius 2 is 1.86 bits per heavy atom. The molecule has 3 heteroatoms. The highest BCUT2D eigenvalue weighted by molar-refractivity contribution is 5.88. The maximum Gasteiger partial charge on any atom is 0.231 e. The predicted molar refractivity (Wildman–Crippen MR) is 85.6 cm³/mol. The summed E-state index contributed by atoms with van der Waals surface area (Å²) in [6, 6.07) is 10.7. The van der Waals surface area contributed by atoms with Gasteiger partial charge in [0.05, 0.1) is 5.41 Å². The van der Waals surface area contributed by atoms with Gasteiger partial charge in [0.25, 0.3) is 0 Å². The fourth-order valence-electron chi connectivity index (χ4n) is 4.85. The SMILES string of the molecule is O=C(N[C@@H]1C[C@H]2CC[C@H]1C2)C1(c2ccccc2)CCOCC1. The number of carbonyl (C=O) groups excluding carboxylic acids is 1. The van der Waals surface area contributed by atoms with Gasteiger partial charge in [0, 0.05) is 19.3 Å². The van der Waals surface area contributed by atoms with E-state index < -0.39 is 0 Å². The van der Waals surface area contributed by atoms with Crippen molar-refractivity contribution in [2.24, 2.45) is 11.8 Å². The van der Waals surface area contributed by atoms with Gasteiger partial charge in [-0.1, -0.05) is 36.8 Å². The van der Waals surface area contributed by atoms with E-state index in [-0.39, 0.29) is 11.3 Å². The van der Waals surface area contributed by atoms with Crippen LogP contribution in [0, 0.1) is 11.8 Å². The number of nitrogens with one attached hydrogen (secondary N) is 1. The molecule has 1 N–H and O–H groups in total. The summed E-state index contributed by atoms with van der Waals surface area (Å²) in [5.41, 5.74) is 0.764. The zero-order valence-electron chi connectivity index (χ0n) is 13.1. The Morgan fingerprint density at radius 3 is 2.50 bits per heavy atom. The lowest BCUT2D eigenvalue weighted by Gasteiger charge is -2.38. The summed E-state index contributed by atoms with van der Waals surface area (Å²) in [5, 5.41) is 3.42. The molecule has 1 amide bonds. The summed E-state index contributed by atoms with van der Waals surface area (Å²) in [6.07, 6.45) is 6.78. The minimum Gasteiger partial charge on any atom is -0.381 e. The zero-order valence-corrected chi connectivity index (χ0v) is 13.1. The van der Waals surface area contributed by atoms with Crippen LogP contribution in [0.25, 0.3) is 0 Å². The maximum atomic E-state index is 13.2. The second-order valence-electron chi connectivity index (χ2n) is 7.32. The lowest BCUT2D eigenvalue weighted by molar-refractivity contribution is -0.131. The molecule has 0 aromatic heterocycles. The second kappa shape index (κ2) is 5.69. The molecule has 0 unspecified atom stereocenters. The van der Waals surface area contributed by atoms with Crippen molar-refractivity contribution < 1.29 is 9.53 Å². The molecular weight excluding hydrogens is 274 g/mol. The van der Waals surface area contributed by atoms with E-state index in [2.05, 4.69) is 17.4 Å². The maximum absolute atomic E-state index is 13.2. The van der Waals surface area contributed by atoms with Crippen LogP contribution < -0.4 is 5.32 Å². The summed E-state index contributed by atoms with van der Waals surface area (Å²) in [7, 11) is 0. The predicted octanol–water partition coefficient (Wildman–Crippen LogP) is 3.04. The van der Waals surface area contributed by atoms with E-state index in [1.54, 1.807) is 0 Å². The highest BCUT2D eigenvalue weighted by atomic mass is 16.5. The Labute approximate surface area is 132 Å². The van der Waals surface area contributed by atoms with Crippen LogP contribution in [0.4, 0.5) is 0 Å². The molecule has 3 nitrogen and oxygen atoms in total. The van der Waals surface area contributed by atoms with Crippen molar-refractivity contribution in [3.63, 3.8) is 0 Å². The van der Waals surface area contributed by atoms with Crippen LogP contribution in [0.2, 0.25) is 0 Å². The molecule has 1 saturated heterocycles. The number of hydrogen-bond acceptors (Lipinski definition) is 2. The molecule has 22 heavy (non-hydrogen) atoms. The normalized spacial score (nSPS) is 32.8. The number of carbonyl (C=O) groups is 1. The van der Waals surface area contributed by atoms with Crippen molar-refractivity contribution in [3.05, 3.63) is 35.9 Å². The molecule has 1 aromatic rings. The molecule has 0 radical (unpaired) electrons. The van der Waals surface area contributed by atoms with Crippen LogP contribution in [0.1, 0.15) is 44.1 Å². The molecule has 3 atom stereocenters. The van der Waals surface area contributed by atoms with E-state index in [9.17, 15) is 4.79 Å². The number of fused-ring (bicyclic) bond motifs is 2. The molecule has 118 valence electrons. The first kappa shape index (κ1) is 14.3. The summed E-state index contributed by atoms with van der Waals surface area (Å²) < 4.78 is 5.54. The van der Waals surface area contributed by atoms with Gasteiger partial charge in [0.2, 0.25) is 5.91 Å². The average molecular weight is 299 g/mol. The largest absolute Gasteiger partial charge is 0.381 e. The Morgan fingerprint density at radius 1 is 1.09 bits per heavy atom. The molecule has 2 bridgehead atoms. The minimum absolute atomic E-state index is 0.236. The van der Waals surface area contributed by atoms with Crippen LogP contribution in [0.3, 0.4) is 0 Å². The average Bonchev–Trinajstić information content (AvgIpc) is 3.19. The Hall–Kier alpha value is -1.35. The van der Waals surface area contributed by atoms with Crippen LogP contribution in [-0.4, -0.2) is 25.2 Å². The van der Waals surface area contributed by atoms with E-state index in [1.807, 2.05) is 18.2 Å². The summed E-state index contributed by atoms with van der Waals surface area (Å²) >= 11 is 0. The van der Waals surface area contributed by atoms with Gasteiger partial charge in [-0.3, -0.25) is 4.79 Å². The molecule has 3 aliphatic rings. The van der Waals surface area contributed by atoms with Crippen LogP contribution in [-0.2, 0) is 14.9 Å². The first-order valence-corrected chi connectivity index (χ1v) is 8.72. The lowest BCUT2D eigenvalue weighted by Crippen LogP contribution is -2.52. The third kappa shape index (κ3) is 2.36. The lowest BCUT2D eigenvalue weighted by atomic mass is 9.73. The van der Waals surface area contributed by atoms with E-state index >= 15 is 0 Å². The topological polar surface area (TPSA) is 38.3 Å². The third-order valence-electron chi connectivity index (χ3n) is 6.16. The fraction of sp³-hybridized carbons (Fsp3) is 0.632. The smallest absolute Gasteiger partial charge is 0.231 e. The number of amides is 1. The molecule has 3 fully saturated rings. The fourth-order valence-corrected chi connectivity index (χ4v) is 4.85.